The van der Waals surface area contributed by atoms with Gasteiger partial charge in [0.2, 0.25) is 0 Å². The largest absolute Gasteiger partial charge is 0.359 e. The first kappa shape index (κ1) is 11.9. The summed E-state index contributed by atoms with van der Waals surface area (Å²) in [6.07, 6.45) is 6.76. The number of rotatable bonds is 3. The zero-order chi connectivity index (χ0) is 11.5. The van der Waals surface area contributed by atoms with E-state index in [0.717, 1.165) is 11.0 Å². The fourth-order valence-corrected chi connectivity index (χ4v) is 3.39. The molecule has 3 heteroatoms. The molecule has 1 heterocycles. The fourth-order valence-electron chi connectivity index (χ4n) is 2.50. The Hall–Kier alpha value is -0.570. The minimum absolute atomic E-state index is 0.656. The van der Waals surface area contributed by atoms with Gasteiger partial charge in [-0.05, 0) is 32.6 Å². The Morgan fingerprint density at radius 2 is 2.19 bits per heavy atom. The third-order valence-corrected chi connectivity index (χ3v) is 4.72. The highest BCUT2D eigenvalue weighted by molar-refractivity contribution is 7.15. The predicted molar refractivity (Wildman–Crippen MR) is 71.2 cm³/mol. The molecule has 0 saturated heterocycles. The topological polar surface area (TPSA) is 24.9 Å². The van der Waals surface area contributed by atoms with E-state index in [1.54, 1.807) is 11.3 Å². The van der Waals surface area contributed by atoms with Gasteiger partial charge in [-0.15, -0.1) is 11.3 Å². The van der Waals surface area contributed by atoms with Gasteiger partial charge in [-0.2, -0.15) is 0 Å². The summed E-state index contributed by atoms with van der Waals surface area (Å²) in [6.45, 7) is 6.55. The number of hydrogen-bond acceptors (Lipinski definition) is 3. The Balaban J connectivity index is 1.93. The molecule has 0 radical (unpaired) electrons. The molecule has 0 bridgehead atoms. The molecule has 1 aliphatic carbocycles. The van der Waals surface area contributed by atoms with E-state index in [1.165, 1.54) is 42.7 Å². The van der Waals surface area contributed by atoms with Gasteiger partial charge < -0.3 is 5.32 Å². The SMILES string of the molecule is CCC1CCCC(Nc2nc(C)c(C)s2)C1. The van der Waals surface area contributed by atoms with Crippen LogP contribution < -0.4 is 5.32 Å². The molecule has 2 rings (SSSR count). The fraction of sp³-hybridized carbons (Fsp3) is 0.769. The van der Waals surface area contributed by atoms with Gasteiger partial charge in [0.05, 0.1) is 5.69 Å². The molecular formula is C13H22N2S. The van der Waals surface area contributed by atoms with E-state index >= 15 is 0 Å². The minimum Gasteiger partial charge on any atom is -0.359 e. The van der Waals surface area contributed by atoms with Crippen LogP contribution in [0, 0.1) is 19.8 Å². The maximum absolute atomic E-state index is 4.56. The van der Waals surface area contributed by atoms with Crippen molar-refractivity contribution in [2.24, 2.45) is 5.92 Å². The summed E-state index contributed by atoms with van der Waals surface area (Å²) in [5.74, 6) is 0.924. The number of nitrogens with one attached hydrogen (secondary N) is 1. The molecule has 0 spiro atoms. The Kier molecular flexibility index (Phi) is 3.85. The van der Waals surface area contributed by atoms with Gasteiger partial charge in [0.15, 0.2) is 5.13 Å². The molecular weight excluding hydrogens is 216 g/mol. The first-order chi connectivity index (χ1) is 7.69. The molecule has 2 atom stereocenters. The molecule has 16 heavy (non-hydrogen) atoms. The highest BCUT2D eigenvalue weighted by Gasteiger charge is 2.21. The lowest BCUT2D eigenvalue weighted by atomic mass is 9.84. The number of hydrogen-bond donors (Lipinski definition) is 1. The van der Waals surface area contributed by atoms with Crippen molar-refractivity contribution < 1.29 is 0 Å². The molecule has 1 aliphatic rings. The minimum atomic E-state index is 0.656. The summed E-state index contributed by atoms with van der Waals surface area (Å²) in [5, 5.41) is 4.74. The first-order valence-corrected chi connectivity index (χ1v) is 7.21. The van der Waals surface area contributed by atoms with Crippen molar-refractivity contribution in [1.82, 2.24) is 4.98 Å². The van der Waals surface area contributed by atoms with Gasteiger partial charge in [0, 0.05) is 10.9 Å². The average molecular weight is 238 g/mol. The van der Waals surface area contributed by atoms with Crippen molar-refractivity contribution in [2.75, 3.05) is 5.32 Å². The van der Waals surface area contributed by atoms with E-state index in [9.17, 15) is 0 Å². The summed E-state index contributed by atoms with van der Waals surface area (Å²) in [7, 11) is 0. The standard InChI is InChI=1S/C13H22N2S/c1-4-11-6-5-7-12(8-11)15-13-14-9(2)10(3)16-13/h11-12H,4-8H2,1-3H3,(H,14,15). The Morgan fingerprint density at radius 1 is 1.38 bits per heavy atom. The Bertz CT molecular complexity index is 326. The van der Waals surface area contributed by atoms with Crippen LogP contribution in [0.1, 0.15) is 49.6 Å². The molecule has 0 amide bonds. The third kappa shape index (κ3) is 2.76. The van der Waals surface area contributed by atoms with Gasteiger partial charge in [0.1, 0.15) is 0 Å². The molecule has 0 aromatic carbocycles. The summed E-state index contributed by atoms with van der Waals surface area (Å²) in [4.78, 5) is 5.90. The maximum Gasteiger partial charge on any atom is 0.183 e. The van der Waals surface area contributed by atoms with E-state index < -0.39 is 0 Å². The lowest BCUT2D eigenvalue weighted by Crippen LogP contribution is -2.26. The summed E-state index contributed by atoms with van der Waals surface area (Å²) in [5.41, 5.74) is 1.18. The molecule has 1 aromatic rings. The van der Waals surface area contributed by atoms with Crippen LogP contribution in [-0.4, -0.2) is 11.0 Å². The van der Waals surface area contributed by atoms with Crippen molar-refractivity contribution in [2.45, 2.75) is 58.9 Å². The van der Waals surface area contributed by atoms with Crippen LogP contribution in [0.25, 0.3) is 0 Å². The van der Waals surface area contributed by atoms with Crippen LogP contribution in [0.15, 0.2) is 0 Å². The number of aryl methyl sites for hydroxylation is 2. The molecule has 90 valence electrons. The van der Waals surface area contributed by atoms with Crippen LogP contribution in [0.3, 0.4) is 0 Å². The molecule has 1 N–H and O–H groups in total. The Morgan fingerprint density at radius 3 is 2.81 bits per heavy atom. The molecule has 2 nitrogen and oxygen atoms in total. The number of nitrogens with zero attached hydrogens (tertiary/aromatic N) is 1. The molecule has 1 saturated carbocycles. The molecule has 2 unspecified atom stereocenters. The van der Waals surface area contributed by atoms with Crippen LogP contribution in [0.5, 0.6) is 0 Å². The van der Waals surface area contributed by atoms with Crippen molar-refractivity contribution in [3.05, 3.63) is 10.6 Å². The smallest absolute Gasteiger partial charge is 0.183 e. The van der Waals surface area contributed by atoms with Crippen molar-refractivity contribution in [3.63, 3.8) is 0 Å². The number of anilines is 1. The zero-order valence-corrected chi connectivity index (χ0v) is 11.4. The van der Waals surface area contributed by atoms with E-state index in [1.807, 2.05) is 0 Å². The van der Waals surface area contributed by atoms with Gasteiger partial charge in [0.25, 0.3) is 0 Å². The van der Waals surface area contributed by atoms with Crippen LogP contribution in [-0.2, 0) is 0 Å². The molecule has 0 aliphatic heterocycles. The average Bonchev–Trinajstić information content (AvgIpc) is 2.58. The van der Waals surface area contributed by atoms with Gasteiger partial charge >= 0.3 is 0 Å². The number of thiazole rings is 1. The van der Waals surface area contributed by atoms with E-state index in [0.29, 0.717) is 6.04 Å². The lowest BCUT2D eigenvalue weighted by molar-refractivity contribution is 0.327. The van der Waals surface area contributed by atoms with Gasteiger partial charge in [-0.25, -0.2) is 4.98 Å². The van der Waals surface area contributed by atoms with Crippen LogP contribution in [0.2, 0.25) is 0 Å². The van der Waals surface area contributed by atoms with E-state index in [2.05, 4.69) is 31.1 Å². The quantitative estimate of drug-likeness (QED) is 0.856. The van der Waals surface area contributed by atoms with Crippen molar-refractivity contribution in [1.29, 1.82) is 0 Å². The van der Waals surface area contributed by atoms with E-state index in [4.69, 9.17) is 0 Å². The highest BCUT2D eigenvalue weighted by Crippen LogP contribution is 2.30. The normalized spacial score (nSPS) is 25.7. The first-order valence-electron chi connectivity index (χ1n) is 6.39. The highest BCUT2D eigenvalue weighted by atomic mass is 32.1. The summed E-state index contributed by atoms with van der Waals surface area (Å²) >= 11 is 1.79. The second-order valence-corrected chi connectivity index (χ2v) is 6.15. The second kappa shape index (κ2) is 5.17. The Labute approximate surface area is 102 Å². The molecule has 1 aromatic heterocycles. The van der Waals surface area contributed by atoms with Crippen molar-refractivity contribution >= 4 is 16.5 Å². The molecule has 1 fully saturated rings. The predicted octanol–water partition coefficient (Wildman–Crippen LogP) is 4.14. The summed E-state index contributed by atoms with van der Waals surface area (Å²) < 4.78 is 0. The van der Waals surface area contributed by atoms with Gasteiger partial charge in [-0.3, -0.25) is 0 Å². The maximum atomic E-state index is 4.56. The number of aromatic nitrogens is 1. The zero-order valence-electron chi connectivity index (χ0n) is 10.5. The van der Waals surface area contributed by atoms with Gasteiger partial charge in [-0.1, -0.05) is 26.2 Å². The van der Waals surface area contributed by atoms with Crippen LogP contribution >= 0.6 is 11.3 Å². The van der Waals surface area contributed by atoms with Crippen molar-refractivity contribution in [3.8, 4) is 0 Å². The lowest BCUT2D eigenvalue weighted by Gasteiger charge is -2.28. The summed E-state index contributed by atoms with van der Waals surface area (Å²) in [6, 6.07) is 0.656. The monoisotopic (exact) mass is 238 g/mol. The van der Waals surface area contributed by atoms with Crippen LogP contribution in [0.4, 0.5) is 5.13 Å². The van der Waals surface area contributed by atoms with E-state index in [-0.39, 0.29) is 0 Å². The third-order valence-electron chi connectivity index (χ3n) is 3.72. The second-order valence-electron chi connectivity index (χ2n) is 4.94.